The molecule has 0 fully saturated rings. The number of halogens is 1. The molecule has 3 heterocycles. The highest BCUT2D eigenvalue weighted by Crippen LogP contribution is 2.44. The standard InChI is InChI=1S/C22H19BrN4O2S/c1-11-4-6-16-18(8-11)30-22(24-16)27-21-20(12(2)26-27)15(10-19(28)25-21)14-9-13(23)5-7-17(14)29-3/h4-9,15H,10H2,1-3H3,(H,25,28)/t15-/m0/s1. The van der Waals surface area contributed by atoms with Crippen LogP contribution < -0.4 is 10.1 Å². The molecule has 1 N–H and O–H groups in total. The summed E-state index contributed by atoms with van der Waals surface area (Å²) in [4.78, 5) is 17.4. The Morgan fingerprint density at radius 3 is 2.87 bits per heavy atom. The van der Waals surface area contributed by atoms with Crippen molar-refractivity contribution in [2.45, 2.75) is 26.2 Å². The van der Waals surface area contributed by atoms with Crippen LogP contribution in [-0.4, -0.2) is 27.8 Å². The number of thiazole rings is 1. The molecule has 152 valence electrons. The van der Waals surface area contributed by atoms with E-state index in [4.69, 9.17) is 14.8 Å². The van der Waals surface area contributed by atoms with Gasteiger partial charge in [-0.2, -0.15) is 9.78 Å². The summed E-state index contributed by atoms with van der Waals surface area (Å²) in [6, 6.07) is 12.1. The third kappa shape index (κ3) is 3.11. The number of aryl methyl sites for hydroxylation is 2. The van der Waals surface area contributed by atoms with Gasteiger partial charge in [-0.1, -0.05) is 33.3 Å². The number of benzene rings is 2. The van der Waals surface area contributed by atoms with Gasteiger partial charge in [0.15, 0.2) is 0 Å². The summed E-state index contributed by atoms with van der Waals surface area (Å²) in [5.41, 5.74) is 4.95. The fourth-order valence-corrected chi connectivity index (χ4v) is 5.44. The number of methoxy groups -OCH3 is 1. The fraction of sp³-hybridized carbons (Fsp3) is 0.227. The maximum atomic E-state index is 12.7. The van der Waals surface area contributed by atoms with Crippen LogP contribution in [0.2, 0.25) is 0 Å². The number of fused-ring (bicyclic) bond motifs is 2. The van der Waals surface area contributed by atoms with Gasteiger partial charge in [0.1, 0.15) is 11.6 Å². The van der Waals surface area contributed by atoms with Crippen LogP contribution in [0.1, 0.15) is 34.7 Å². The van der Waals surface area contributed by atoms with E-state index in [0.29, 0.717) is 12.2 Å². The van der Waals surface area contributed by atoms with Gasteiger partial charge in [0.2, 0.25) is 11.0 Å². The Morgan fingerprint density at radius 1 is 1.23 bits per heavy atom. The second-order valence-electron chi connectivity index (χ2n) is 7.42. The summed E-state index contributed by atoms with van der Waals surface area (Å²) in [6.07, 6.45) is 0.339. The Balaban J connectivity index is 1.69. The number of amides is 1. The van der Waals surface area contributed by atoms with Crippen molar-refractivity contribution < 1.29 is 9.53 Å². The Bertz CT molecular complexity index is 1310. The van der Waals surface area contributed by atoms with Crippen molar-refractivity contribution >= 4 is 49.2 Å². The molecule has 4 aromatic rings. The van der Waals surface area contributed by atoms with Crippen LogP contribution in [0, 0.1) is 13.8 Å². The Kier molecular flexibility index (Phi) is 4.63. The van der Waals surface area contributed by atoms with Gasteiger partial charge in [0, 0.05) is 27.9 Å². The van der Waals surface area contributed by atoms with Gasteiger partial charge >= 0.3 is 0 Å². The quantitative estimate of drug-likeness (QED) is 0.427. The molecule has 0 unspecified atom stereocenters. The molecule has 6 nitrogen and oxygen atoms in total. The zero-order valence-electron chi connectivity index (χ0n) is 16.7. The lowest BCUT2D eigenvalue weighted by molar-refractivity contribution is -0.116. The highest BCUT2D eigenvalue weighted by Gasteiger charge is 2.34. The molecule has 2 aromatic heterocycles. The van der Waals surface area contributed by atoms with Crippen LogP contribution >= 0.6 is 27.3 Å². The number of anilines is 1. The van der Waals surface area contributed by atoms with Crippen molar-refractivity contribution in [3.63, 3.8) is 0 Å². The zero-order chi connectivity index (χ0) is 21.0. The Hall–Kier alpha value is -2.71. The van der Waals surface area contributed by atoms with E-state index >= 15 is 0 Å². The predicted molar refractivity (Wildman–Crippen MR) is 122 cm³/mol. The van der Waals surface area contributed by atoms with E-state index in [1.807, 2.05) is 37.3 Å². The van der Waals surface area contributed by atoms with Crippen molar-refractivity contribution in [3.8, 4) is 10.9 Å². The number of nitrogens with one attached hydrogen (secondary N) is 1. The minimum Gasteiger partial charge on any atom is -0.496 e. The highest BCUT2D eigenvalue weighted by atomic mass is 79.9. The molecule has 2 aromatic carbocycles. The molecule has 30 heavy (non-hydrogen) atoms. The summed E-state index contributed by atoms with van der Waals surface area (Å²) >= 11 is 5.11. The topological polar surface area (TPSA) is 69.0 Å². The van der Waals surface area contributed by atoms with Crippen LogP contribution in [-0.2, 0) is 4.79 Å². The lowest BCUT2D eigenvalue weighted by Gasteiger charge is -2.25. The van der Waals surface area contributed by atoms with E-state index in [2.05, 4.69) is 34.2 Å². The van der Waals surface area contributed by atoms with Crippen molar-refractivity contribution in [1.29, 1.82) is 0 Å². The van der Waals surface area contributed by atoms with Gasteiger partial charge in [-0.3, -0.25) is 4.79 Å². The number of carbonyl (C=O) groups is 1. The Morgan fingerprint density at radius 2 is 2.07 bits per heavy atom. The number of ether oxygens (including phenoxy) is 1. The maximum Gasteiger partial charge on any atom is 0.226 e. The highest BCUT2D eigenvalue weighted by molar-refractivity contribution is 9.10. The molecule has 0 aliphatic carbocycles. The average molecular weight is 483 g/mol. The second kappa shape index (κ2) is 7.21. The first kappa shape index (κ1) is 19.3. The number of carbonyl (C=O) groups excluding carboxylic acids is 1. The summed E-state index contributed by atoms with van der Waals surface area (Å²) in [7, 11) is 1.65. The number of hydrogen-bond donors (Lipinski definition) is 1. The van der Waals surface area contributed by atoms with Crippen molar-refractivity contribution in [2.75, 3.05) is 12.4 Å². The van der Waals surface area contributed by atoms with E-state index in [1.54, 1.807) is 23.1 Å². The molecule has 1 aliphatic heterocycles. The van der Waals surface area contributed by atoms with Crippen molar-refractivity contribution in [1.82, 2.24) is 14.8 Å². The lowest BCUT2D eigenvalue weighted by atomic mass is 9.85. The molecule has 1 atom stereocenters. The molecule has 8 heteroatoms. The second-order valence-corrected chi connectivity index (χ2v) is 9.34. The largest absolute Gasteiger partial charge is 0.496 e. The molecule has 0 bridgehead atoms. The predicted octanol–water partition coefficient (Wildman–Crippen LogP) is 5.34. The first-order valence-corrected chi connectivity index (χ1v) is 11.2. The van der Waals surface area contributed by atoms with E-state index in [1.165, 1.54) is 5.56 Å². The smallest absolute Gasteiger partial charge is 0.226 e. The van der Waals surface area contributed by atoms with Crippen LogP contribution in [0.3, 0.4) is 0 Å². The molecular formula is C22H19BrN4O2S. The molecule has 5 rings (SSSR count). The van der Waals surface area contributed by atoms with Gasteiger partial charge in [-0.15, -0.1) is 0 Å². The van der Waals surface area contributed by atoms with E-state index < -0.39 is 0 Å². The van der Waals surface area contributed by atoms with Crippen molar-refractivity contribution in [3.05, 3.63) is 63.3 Å². The first-order valence-electron chi connectivity index (χ1n) is 9.55. The van der Waals surface area contributed by atoms with E-state index in [0.717, 1.165) is 42.4 Å². The number of nitrogens with zero attached hydrogens (tertiary/aromatic N) is 3. The van der Waals surface area contributed by atoms with E-state index in [-0.39, 0.29) is 11.8 Å². The zero-order valence-corrected chi connectivity index (χ0v) is 19.1. The maximum absolute atomic E-state index is 12.7. The number of hydrogen-bond acceptors (Lipinski definition) is 5. The van der Waals surface area contributed by atoms with Gasteiger partial charge in [-0.25, -0.2) is 4.98 Å². The van der Waals surface area contributed by atoms with Gasteiger partial charge < -0.3 is 10.1 Å². The molecule has 0 saturated heterocycles. The molecule has 1 amide bonds. The minimum atomic E-state index is -0.147. The summed E-state index contributed by atoms with van der Waals surface area (Å²) in [5.74, 6) is 1.25. The summed E-state index contributed by atoms with van der Waals surface area (Å²) < 4.78 is 9.40. The fourth-order valence-electron chi connectivity index (χ4n) is 4.04. The van der Waals surface area contributed by atoms with Crippen molar-refractivity contribution in [2.24, 2.45) is 0 Å². The summed E-state index contributed by atoms with van der Waals surface area (Å²) in [5, 5.41) is 8.53. The minimum absolute atomic E-state index is 0.0485. The summed E-state index contributed by atoms with van der Waals surface area (Å²) in [6.45, 7) is 4.04. The molecular weight excluding hydrogens is 464 g/mol. The van der Waals surface area contributed by atoms with Gasteiger partial charge in [0.25, 0.3) is 0 Å². The third-order valence-corrected chi connectivity index (χ3v) is 6.87. The molecule has 1 aliphatic rings. The van der Waals surface area contributed by atoms with Gasteiger partial charge in [-0.05, 0) is 49.7 Å². The molecule has 0 spiro atoms. The monoisotopic (exact) mass is 482 g/mol. The molecule has 0 saturated carbocycles. The van der Waals surface area contributed by atoms with Crippen LogP contribution in [0.25, 0.3) is 15.3 Å². The number of aromatic nitrogens is 3. The van der Waals surface area contributed by atoms with Crippen LogP contribution in [0.15, 0.2) is 40.9 Å². The number of rotatable bonds is 3. The van der Waals surface area contributed by atoms with Gasteiger partial charge in [0.05, 0.1) is 23.0 Å². The van der Waals surface area contributed by atoms with Crippen LogP contribution in [0.5, 0.6) is 5.75 Å². The van der Waals surface area contributed by atoms with E-state index in [9.17, 15) is 4.79 Å². The van der Waals surface area contributed by atoms with Crippen LogP contribution in [0.4, 0.5) is 5.82 Å². The Labute approximate surface area is 186 Å². The third-order valence-electron chi connectivity index (χ3n) is 5.38. The first-order chi connectivity index (χ1) is 14.4. The normalized spacial score (nSPS) is 15.9. The molecule has 0 radical (unpaired) electrons. The average Bonchev–Trinajstić information content (AvgIpc) is 3.27. The lowest BCUT2D eigenvalue weighted by Crippen LogP contribution is -2.25. The SMILES string of the molecule is COc1ccc(Br)cc1[C@@H]1CC(=O)Nc2c1c(C)nn2-c1nc2ccc(C)cc2s1.